The minimum Gasteiger partial charge on any atom is -0.322 e. The van der Waals surface area contributed by atoms with E-state index in [1.165, 1.54) is 5.56 Å². The highest BCUT2D eigenvalue weighted by Gasteiger charge is 2.25. The summed E-state index contributed by atoms with van der Waals surface area (Å²) in [6, 6.07) is 13.9. The zero-order valence-corrected chi connectivity index (χ0v) is 17.0. The molecule has 0 unspecified atom stereocenters. The number of anilines is 1. The van der Waals surface area contributed by atoms with Crippen molar-refractivity contribution < 1.29 is 13.2 Å². The van der Waals surface area contributed by atoms with E-state index in [-0.39, 0.29) is 10.8 Å². The molecule has 1 amide bonds. The Kier molecular flexibility index (Phi) is 6.57. The number of hydrogen-bond donors (Lipinski definition) is 1. The largest absolute Gasteiger partial charge is 0.322 e. The fourth-order valence-corrected chi connectivity index (χ4v) is 5.13. The van der Waals surface area contributed by atoms with E-state index < -0.39 is 10.0 Å². The van der Waals surface area contributed by atoms with E-state index in [1.807, 2.05) is 18.4 Å². The Bertz CT molecular complexity index is 872. The van der Waals surface area contributed by atoms with Gasteiger partial charge >= 0.3 is 0 Å². The molecule has 3 rings (SSSR count). The Labute approximate surface area is 165 Å². The number of nitrogens with one attached hydrogen (secondary N) is 1. The van der Waals surface area contributed by atoms with Crippen molar-refractivity contribution in [1.82, 2.24) is 4.31 Å². The average molecular weight is 405 g/mol. The molecule has 5 nitrogen and oxygen atoms in total. The van der Waals surface area contributed by atoms with E-state index in [0.29, 0.717) is 24.3 Å². The third-order valence-electron chi connectivity index (χ3n) is 4.59. The van der Waals surface area contributed by atoms with E-state index in [2.05, 4.69) is 5.32 Å². The summed E-state index contributed by atoms with van der Waals surface area (Å²) in [6.45, 7) is 1.15. The van der Waals surface area contributed by atoms with Gasteiger partial charge in [0.15, 0.2) is 0 Å². The van der Waals surface area contributed by atoms with Gasteiger partial charge in [0.25, 0.3) is 5.91 Å². The van der Waals surface area contributed by atoms with Crippen LogP contribution in [0.5, 0.6) is 0 Å². The maximum atomic E-state index is 12.7. The quantitative estimate of drug-likeness (QED) is 0.791. The highest BCUT2D eigenvalue weighted by Crippen LogP contribution is 2.22. The summed E-state index contributed by atoms with van der Waals surface area (Å²) in [6.07, 6.45) is 4.93. The number of thioether (sulfide) groups is 1. The first kappa shape index (κ1) is 19.9. The molecule has 144 valence electrons. The molecule has 0 atom stereocenters. The van der Waals surface area contributed by atoms with Crippen LogP contribution < -0.4 is 5.32 Å². The van der Waals surface area contributed by atoms with Gasteiger partial charge < -0.3 is 5.32 Å². The van der Waals surface area contributed by atoms with Gasteiger partial charge in [-0.3, -0.25) is 4.79 Å². The summed E-state index contributed by atoms with van der Waals surface area (Å²) in [5.74, 6) is 0.701. The molecule has 0 aromatic heterocycles. The second-order valence-corrected chi connectivity index (χ2v) is 9.38. The van der Waals surface area contributed by atoms with Crippen LogP contribution in [0.25, 0.3) is 0 Å². The normalized spacial score (nSPS) is 15.4. The molecule has 1 aliphatic heterocycles. The van der Waals surface area contributed by atoms with E-state index in [4.69, 9.17) is 0 Å². The number of piperidine rings is 1. The van der Waals surface area contributed by atoms with Gasteiger partial charge in [0.1, 0.15) is 0 Å². The standard InChI is InChI=1S/C20H24N2O3S2/c1-26-15-16-5-7-17(8-6-16)20(23)21-18-9-11-19(12-10-18)27(24,25)22-13-3-2-4-14-22/h5-12H,2-4,13-15H2,1H3,(H,21,23). The highest BCUT2D eigenvalue weighted by molar-refractivity contribution is 7.97. The fraction of sp³-hybridized carbons (Fsp3) is 0.350. The molecule has 7 heteroatoms. The van der Waals surface area contributed by atoms with Crippen LogP contribution in [0, 0.1) is 0 Å². The van der Waals surface area contributed by atoms with Gasteiger partial charge in [-0.25, -0.2) is 8.42 Å². The van der Waals surface area contributed by atoms with Gasteiger partial charge in [0.2, 0.25) is 10.0 Å². The fourth-order valence-electron chi connectivity index (χ4n) is 3.09. The molecule has 1 saturated heterocycles. The molecule has 1 N–H and O–H groups in total. The third kappa shape index (κ3) is 4.91. The summed E-state index contributed by atoms with van der Waals surface area (Å²) in [4.78, 5) is 12.6. The van der Waals surface area contributed by atoms with Crippen molar-refractivity contribution in [3.8, 4) is 0 Å². The number of carbonyl (C=O) groups excluding carboxylic acids is 1. The molecule has 0 bridgehead atoms. The van der Waals surface area contributed by atoms with Crippen molar-refractivity contribution in [3.05, 3.63) is 59.7 Å². The Morgan fingerprint density at radius 1 is 1.00 bits per heavy atom. The number of nitrogens with zero attached hydrogens (tertiary/aromatic N) is 1. The summed E-state index contributed by atoms with van der Waals surface area (Å²) in [5, 5.41) is 2.82. The van der Waals surface area contributed by atoms with Crippen molar-refractivity contribution >= 4 is 33.4 Å². The molecule has 0 saturated carbocycles. The van der Waals surface area contributed by atoms with Gasteiger partial charge in [0, 0.05) is 30.1 Å². The molecule has 0 radical (unpaired) electrons. The number of amides is 1. The molecule has 2 aromatic carbocycles. The maximum Gasteiger partial charge on any atom is 0.255 e. The van der Waals surface area contributed by atoms with E-state index in [9.17, 15) is 13.2 Å². The maximum absolute atomic E-state index is 12.7. The van der Waals surface area contributed by atoms with Crippen LogP contribution in [-0.2, 0) is 15.8 Å². The minimum absolute atomic E-state index is 0.211. The Morgan fingerprint density at radius 3 is 2.22 bits per heavy atom. The molecule has 1 fully saturated rings. The van der Waals surface area contributed by atoms with E-state index in [1.54, 1.807) is 52.5 Å². The first-order valence-electron chi connectivity index (χ1n) is 9.00. The van der Waals surface area contributed by atoms with E-state index in [0.717, 1.165) is 25.0 Å². The lowest BCUT2D eigenvalue weighted by molar-refractivity contribution is 0.102. The molecule has 2 aromatic rings. The SMILES string of the molecule is CSCc1ccc(C(=O)Nc2ccc(S(=O)(=O)N3CCCCC3)cc2)cc1. The van der Waals surface area contributed by atoms with Gasteiger partial charge in [-0.15, -0.1) is 0 Å². The number of benzene rings is 2. The lowest BCUT2D eigenvalue weighted by atomic mass is 10.1. The second-order valence-electron chi connectivity index (χ2n) is 6.57. The van der Waals surface area contributed by atoms with Crippen molar-refractivity contribution in [2.45, 2.75) is 29.9 Å². The number of rotatable bonds is 6. The monoisotopic (exact) mass is 404 g/mol. The first-order chi connectivity index (χ1) is 13.0. The summed E-state index contributed by atoms with van der Waals surface area (Å²) < 4.78 is 26.9. The van der Waals surface area contributed by atoms with Crippen molar-refractivity contribution in [3.63, 3.8) is 0 Å². The summed E-state index contributed by atoms with van der Waals surface area (Å²) >= 11 is 1.73. The second kappa shape index (κ2) is 8.91. The zero-order chi connectivity index (χ0) is 19.3. The van der Waals surface area contributed by atoms with Crippen molar-refractivity contribution in [2.24, 2.45) is 0 Å². The van der Waals surface area contributed by atoms with Crippen LogP contribution in [0.3, 0.4) is 0 Å². The van der Waals surface area contributed by atoms with Crippen molar-refractivity contribution in [1.29, 1.82) is 0 Å². The molecule has 0 aliphatic carbocycles. The topological polar surface area (TPSA) is 66.5 Å². The number of hydrogen-bond acceptors (Lipinski definition) is 4. The van der Waals surface area contributed by atoms with Crippen LogP contribution in [0.15, 0.2) is 53.4 Å². The lowest BCUT2D eigenvalue weighted by Crippen LogP contribution is -2.35. The van der Waals surface area contributed by atoms with Crippen molar-refractivity contribution in [2.75, 3.05) is 24.7 Å². The van der Waals surface area contributed by atoms with Crippen LogP contribution in [0.1, 0.15) is 35.2 Å². The van der Waals surface area contributed by atoms with Gasteiger partial charge in [-0.1, -0.05) is 18.6 Å². The van der Waals surface area contributed by atoms with Gasteiger partial charge in [-0.05, 0) is 61.1 Å². The third-order valence-corrected chi connectivity index (χ3v) is 7.13. The van der Waals surface area contributed by atoms with Crippen LogP contribution >= 0.6 is 11.8 Å². The predicted octanol–water partition coefficient (Wildman–Crippen LogP) is 3.98. The Morgan fingerprint density at radius 2 is 1.63 bits per heavy atom. The smallest absolute Gasteiger partial charge is 0.255 e. The number of carbonyl (C=O) groups is 1. The van der Waals surface area contributed by atoms with Crippen LogP contribution in [0.2, 0.25) is 0 Å². The Hall–Kier alpha value is -1.83. The molecule has 1 heterocycles. The molecular weight excluding hydrogens is 380 g/mol. The van der Waals surface area contributed by atoms with Crippen LogP contribution in [0.4, 0.5) is 5.69 Å². The average Bonchev–Trinajstić information content (AvgIpc) is 2.70. The summed E-state index contributed by atoms with van der Waals surface area (Å²) in [5.41, 5.74) is 2.32. The minimum atomic E-state index is -3.45. The Balaban J connectivity index is 1.67. The molecule has 0 spiro atoms. The highest BCUT2D eigenvalue weighted by atomic mass is 32.2. The zero-order valence-electron chi connectivity index (χ0n) is 15.3. The van der Waals surface area contributed by atoms with E-state index >= 15 is 0 Å². The summed E-state index contributed by atoms with van der Waals surface area (Å²) in [7, 11) is -3.45. The van der Waals surface area contributed by atoms with Gasteiger partial charge in [-0.2, -0.15) is 16.1 Å². The molecule has 1 aliphatic rings. The lowest BCUT2D eigenvalue weighted by Gasteiger charge is -2.25. The number of sulfonamides is 1. The van der Waals surface area contributed by atoms with Gasteiger partial charge in [0.05, 0.1) is 4.90 Å². The molecular formula is C20H24N2O3S2. The first-order valence-corrected chi connectivity index (χ1v) is 11.8. The predicted molar refractivity (Wildman–Crippen MR) is 111 cm³/mol. The molecule has 27 heavy (non-hydrogen) atoms. The van der Waals surface area contributed by atoms with Crippen LogP contribution in [-0.4, -0.2) is 38.0 Å².